The van der Waals surface area contributed by atoms with Crippen LogP contribution in [0.25, 0.3) is 0 Å². The van der Waals surface area contributed by atoms with Crippen LogP contribution in [-0.4, -0.2) is 175 Å². The summed E-state index contributed by atoms with van der Waals surface area (Å²) >= 11 is 0. The fourth-order valence-corrected chi connectivity index (χ4v) is 14.0. The second kappa shape index (κ2) is 17.0. The first-order chi connectivity index (χ1) is 29.3. The first-order valence-electron chi connectivity index (χ1n) is 23.3. The highest BCUT2D eigenvalue weighted by Gasteiger charge is 2.69. The first-order valence-corrected chi connectivity index (χ1v) is 23.3. The van der Waals surface area contributed by atoms with Gasteiger partial charge in [0, 0.05) is 18.3 Å². The van der Waals surface area contributed by atoms with Gasteiger partial charge in [-0.15, -0.1) is 0 Å². The molecular weight excluding hydrogens is 812 g/mol. The van der Waals surface area contributed by atoms with E-state index >= 15 is 0 Å². The molecule has 0 aromatic carbocycles. The summed E-state index contributed by atoms with van der Waals surface area (Å²) < 4.78 is 50.3. The van der Waals surface area contributed by atoms with E-state index in [4.69, 9.17) is 37.9 Å². The highest BCUT2D eigenvalue weighted by Crippen LogP contribution is 2.70. The molecule has 4 aliphatic carbocycles. The zero-order valence-corrected chi connectivity index (χ0v) is 36.8. The van der Waals surface area contributed by atoms with E-state index in [1.165, 1.54) is 19.4 Å². The average molecular weight is 885 g/mol. The van der Waals surface area contributed by atoms with Crippen molar-refractivity contribution in [3.63, 3.8) is 0 Å². The van der Waals surface area contributed by atoms with Gasteiger partial charge in [-0.05, 0) is 93.3 Å². The lowest BCUT2D eigenvalue weighted by Gasteiger charge is -2.59. The van der Waals surface area contributed by atoms with E-state index in [-0.39, 0.29) is 28.8 Å². The predicted octanol–water partition coefficient (Wildman–Crippen LogP) is 0.213. The van der Waals surface area contributed by atoms with Crippen molar-refractivity contribution in [1.29, 1.82) is 0 Å². The molecule has 5 aliphatic heterocycles. The smallest absolute Gasteiger partial charge is 0.187 e. The van der Waals surface area contributed by atoms with E-state index in [1.54, 1.807) is 0 Å². The van der Waals surface area contributed by atoms with Gasteiger partial charge in [0.1, 0.15) is 61.0 Å². The van der Waals surface area contributed by atoms with Gasteiger partial charge in [-0.2, -0.15) is 0 Å². The Bertz CT molecular complexity index is 1640. The zero-order chi connectivity index (χ0) is 44.4. The summed E-state index contributed by atoms with van der Waals surface area (Å²) in [5, 5.41) is 96.7. The van der Waals surface area contributed by atoms with Crippen molar-refractivity contribution >= 4 is 0 Å². The molecule has 27 atom stereocenters. The van der Waals surface area contributed by atoms with Gasteiger partial charge in [0.25, 0.3) is 0 Å². The first kappa shape index (κ1) is 46.2. The lowest BCUT2D eigenvalue weighted by atomic mass is 9.47. The largest absolute Gasteiger partial charge is 0.394 e. The Kier molecular flexibility index (Phi) is 12.7. The molecule has 0 radical (unpaired) electrons. The van der Waals surface area contributed by atoms with Crippen LogP contribution >= 0.6 is 0 Å². The topological polar surface area (TPSA) is 256 Å². The molecule has 9 N–H and O–H groups in total. The maximum Gasteiger partial charge on any atom is 0.187 e. The number of ether oxygens (including phenoxy) is 8. The molecule has 5 saturated heterocycles. The zero-order valence-electron chi connectivity index (χ0n) is 36.8. The minimum atomic E-state index is -1.74. The van der Waals surface area contributed by atoms with Gasteiger partial charge in [-0.25, -0.2) is 0 Å². The van der Waals surface area contributed by atoms with E-state index < -0.39 is 117 Å². The highest BCUT2D eigenvalue weighted by atomic mass is 16.8. The van der Waals surface area contributed by atoms with Crippen molar-refractivity contribution in [3.05, 3.63) is 11.6 Å². The lowest BCUT2D eigenvalue weighted by molar-refractivity contribution is -0.393. The Morgan fingerprint density at radius 3 is 1.98 bits per heavy atom. The fraction of sp³-hybridized carbons (Fsp3) is 0.956. The average Bonchev–Trinajstić information content (AvgIpc) is 3.69. The fourth-order valence-electron chi connectivity index (χ4n) is 14.0. The normalized spacial score (nSPS) is 58.9. The Morgan fingerprint density at radius 2 is 1.35 bits per heavy atom. The van der Waals surface area contributed by atoms with Crippen LogP contribution in [0.2, 0.25) is 0 Å². The Balaban J connectivity index is 0.936. The molecule has 0 bridgehead atoms. The molecule has 0 amide bonds. The van der Waals surface area contributed by atoms with E-state index in [0.717, 1.165) is 32.1 Å². The third kappa shape index (κ3) is 7.40. The van der Waals surface area contributed by atoms with Crippen molar-refractivity contribution in [2.24, 2.45) is 46.3 Å². The summed E-state index contributed by atoms with van der Waals surface area (Å²) in [6, 6.07) is 0. The monoisotopic (exact) mass is 884 g/mol. The molecule has 5 heterocycles. The Labute approximate surface area is 363 Å². The molecule has 3 saturated carbocycles. The van der Waals surface area contributed by atoms with Crippen molar-refractivity contribution in [2.45, 2.75) is 209 Å². The van der Waals surface area contributed by atoms with Gasteiger partial charge in [0.2, 0.25) is 0 Å². The Morgan fingerprint density at radius 1 is 0.710 bits per heavy atom. The van der Waals surface area contributed by atoms with Crippen LogP contribution in [0.5, 0.6) is 0 Å². The van der Waals surface area contributed by atoms with Gasteiger partial charge in [0.15, 0.2) is 24.7 Å². The van der Waals surface area contributed by atoms with Crippen LogP contribution in [0.4, 0.5) is 0 Å². The van der Waals surface area contributed by atoms with Gasteiger partial charge in [-0.1, -0.05) is 39.3 Å². The summed E-state index contributed by atoms with van der Waals surface area (Å²) in [5.41, 5.74) is 1.35. The van der Waals surface area contributed by atoms with Gasteiger partial charge >= 0.3 is 0 Å². The lowest BCUT2D eigenvalue weighted by Crippen LogP contribution is -2.67. The molecule has 354 valence electrons. The molecule has 9 aliphatic rings. The third-order valence-corrected chi connectivity index (χ3v) is 17.8. The van der Waals surface area contributed by atoms with E-state index in [1.807, 2.05) is 6.92 Å². The quantitative estimate of drug-likeness (QED) is 0.155. The van der Waals surface area contributed by atoms with E-state index in [2.05, 4.69) is 26.8 Å². The van der Waals surface area contributed by atoms with E-state index in [0.29, 0.717) is 49.5 Å². The van der Waals surface area contributed by atoms with Crippen LogP contribution in [-0.2, 0) is 37.9 Å². The van der Waals surface area contributed by atoms with Crippen LogP contribution in [0.15, 0.2) is 11.6 Å². The molecule has 0 aromatic rings. The van der Waals surface area contributed by atoms with Crippen molar-refractivity contribution in [2.75, 3.05) is 13.2 Å². The summed E-state index contributed by atoms with van der Waals surface area (Å²) in [7, 11) is 0. The minimum absolute atomic E-state index is 0.0647. The molecule has 1 spiro atoms. The highest BCUT2D eigenvalue weighted by molar-refractivity contribution is 5.26. The maximum atomic E-state index is 11.6. The third-order valence-electron chi connectivity index (χ3n) is 17.8. The molecule has 62 heavy (non-hydrogen) atoms. The van der Waals surface area contributed by atoms with Crippen molar-refractivity contribution in [3.8, 4) is 0 Å². The number of aliphatic hydroxyl groups is 9. The predicted molar refractivity (Wildman–Crippen MR) is 214 cm³/mol. The summed E-state index contributed by atoms with van der Waals surface area (Å²) in [6.45, 7) is 12.0. The number of hydrogen-bond donors (Lipinski definition) is 9. The molecular formula is C45H72O17. The molecule has 8 fully saturated rings. The van der Waals surface area contributed by atoms with Gasteiger partial charge in [0.05, 0.1) is 43.7 Å². The second-order valence-electron chi connectivity index (χ2n) is 21.2. The molecule has 0 aromatic heterocycles. The minimum Gasteiger partial charge on any atom is -0.394 e. The van der Waals surface area contributed by atoms with Gasteiger partial charge in [-0.3, -0.25) is 0 Å². The number of aliphatic hydroxyl groups excluding tert-OH is 9. The van der Waals surface area contributed by atoms with Crippen LogP contribution in [0, 0.1) is 46.3 Å². The molecule has 17 heteroatoms. The molecule has 9 rings (SSSR count). The number of allylic oxidation sites excluding steroid dienone is 1. The SMILES string of the molecule is C[C@@H]1CO[C@@]2(C[C@@H]1O)O[C@H]1C[C@H]3[C@@H]4CC=C5C[C@@H](O[C@@H]6O[C@H](CO)[C@@H](O)[C@H](O[C@@H]7O[C@@H](C)[C@H](O)[C@@H](O)[C@H]7O)[C@H]6O[C@@H]6O[C@@H](C)[C@H](O)[C@@H](O)[C@H]6O)CC[C@]5(C)[C@H]4CC[C@]3(C)[C@H]1[C@@H]2C. The molecule has 17 nitrogen and oxygen atoms in total. The molecule has 0 unspecified atom stereocenters. The maximum absolute atomic E-state index is 11.6. The van der Waals surface area contributed by atoms with Crippen LogP contribution in [0.1, 0.15) is 92.9 Å². The second-order valence-corrected chi connectivity index (χ2v) is 21.2. The van der Waals surface area contributed by atoms with Crippen molar-refractivity contribution < 1.29 is 83.9 Å². The van der Waals surface area contributed by atoms with E-state index in [9.17, 15) is 46.0 Å². The summed E-state index contributed by atoms with van der Waals surface area (Å²) in [5.74, 6) is 1.38. The number of fused-ring (bicyclic) bond motifs is 7. The number of hydrogen-bond acceptors (Lipinski definition) is 17. The van der Waals surface area contributed by atoms with Crippen LogP contribution in [0.3, 0.4) is 0 Å². The van der Waals surface area contributed by atoms with Crippen molar-refractivity contribution in [1.82, 2.24) is 0 Å². The number of rotatable bonds is 7. The Hall–Kier alpha value is -0.940. The van der Waals surface area contributed by atoms with Gasteiger partial charge < -0.3 is 83.9 Å². The summed E-state index contributed by atoms with van der Waals surface area (Å²) in [6.07, 6.45) is -13.4. The summed E-state index contributed by atoms with van der Waals surface area (Å²) in [4.78, 5) is 0. The van der Waals surface area contributed by atoms with Crippen LogP contribution < -0.4 is 0 Å². The standard InChI is InChI=1S/C45H72O17/c1-18-17-55-45(15-27(18)47)19(2)30-28(62-45)14-26-24-8-7-22-13-23(9-11-43(22,5)25(24)10-12-44(26,30)6)58-42-39(61-41-37(54)35(52)32(49)21(4)57-41)38(33(50)29(16-46)59-42)60-40-36(53)34(51)31(48)20(3)56-40/h7,18-21,23-42,46-54H,8-17H2,1-6H3/t18-,19+,20+,21+,23+,24-,25+,26+,27+,28+,29-,30+,31+,32+,33-,34-,35-,36-,37-,38+,39-,40+,41+,42-,43+,44+,45+/m1/s1.